The number of nitrogens with zero attached hydrogens (tertiary/aromatic N) is 1. The average molecular weight is 928 g/mol. The van der Waals surface area contributed by atoms with Gasteiger partial charge in [0.2, 0.25) is 11.8 Å². The lowest BCUT2D eigenvalue weighted by molar-refractivity contribution is -0.235. The summed E-state index contributed by atoms with van der Waals surface area (Å²) in [5, 5.41) is 27.8. The number of ketones is 1. The van der Waals surface area contributed by atoms with Gasteiger partial charge in [-0.15, -0.1) is 0 Å². The number of anilines is 1. The molecule has 8 rings (SSSR count). The fraction of sp³-hybridized carbons (Fsp3) is 0.510. The summed E-state index contributed by atoms with van der Waals surface area (Å²) in [6.07, 6.45) is 3.48. The van der Waals surface area contributed by atoms with Crippen LogP contribution < -0.4 is 10.6 Å². The highest BCUT2D eigenvalue weighted by Gasteiger charge is 2.80. The molecule has 14 nitrogen and oxygen atoms in total. The fourth-order valence-corrected chi connectivity index (χ4v) is 11.6. The van der Waals surface area contributed by atoms with Crippen LogP contribution >= 0.6 is 0 Å². The Labute approximate surface area is 388 Å². The van der Waals surface area contributed by atoms with Gasteiger partial charge in [0, 0.05) is 66.3 Å². The maximum atomic E-state index is 17.8. The van der Waals surface area contributed by atoms with Gasteiger partial charge in [0.1, 0.15) is 12.8 Å². The normalized spacial score (nSPS) is 32.7. The number of nitrogens with one attached hydrogen (secondary N) is 2. The zero-order valence-corrected chi connectivity index (χ0v) is 37.8. The number of fused-ring (bicyclic) bond motifs is 7. The number of allylic oxidation sites excluding steroid dienone is 5. The number of alkyl halides is 2. The molecule has 4 N–H and O–H groups in total. The minimum Gasteiger partial charge on any atom is -0.390 e. The Hall–Kier alpha value is -5.23. The van der Waals surface area contributed by atoms with Crippen LogP contribution in [0.15, 0.2) is 96.6 Å². The molecule has 4 amide bonds. The van der Waals surface area contributed by atoms with Gasteiger partial charge in [-0.1, -0.05) is 68.1 Å². The van der Waals surface area contributed by atoms with Crippen molar-refractivity contribution in [2.75, 3.05) is 51.4 Å². The second-order valence-electron chi connectivity index (χ2n) is 18.9. The molecule has 4 fully saturated rings. The number of ether oxygens (including phenoxy) is 4. The summed E-state index contributed by atoms with van der Waals surface area (Å²) in [4.78, 5) is 62.8. The number of amides is 4. The lowest BCUT2D eigenvalue weighted by Crippen LogP contribution is -2.70. The zero-order chi connectivity index (χ0) is 47.7. The van der Waals surface area contributed by atoms with Gasteiger partial charge in [-0.25, -0.2) is 8.78 Å². The predicted molar refractivity (Wildman–Crippen MR) is 240 cm³/mol. The first kappa shape index (κ1) is 48.2. The first-order valence-electron chi connectivity index (χ1n) is 23.1. The zero-order valence-electron chi connectivity index (χ0n) is 37.8. The molecule has 0 spiro atoms. The van der Waals surface area contributed by atoms with Crippen LogP contribution in [0.25, 0.3) is 0 Å². The second kappa shape index (κ2) is 19.4. The van der Waals surface area contributed by atoms with Crippen LogP contribution in [0, 0.1) is 22.7 Å². The summed E-state index contributed by atoms with van der Waals surface area (Å²) >= 11 is 0. The molecule has 3 saturated carbocycles. The van der Waals surface area contributed by atoms with Crippen LogP contribution in [-0.2, 0) is 49.3 Å². The van der Waals surface area contributed by atoms with E-state index in [2.05, 4.69) is 17.2 Å². The smallest absolute Gasteiger partial charge is 0.253 e. The van der Waals surface area contributed by atoms with Gasteiger partial charge in [0.15, 0.2) is 23.3 Å². The maximum absolute atomic E-state index is 17.8. The Morgan fingerprint density at radius 1 is 0.925 bits per heavy atom. The van der Waals surface area contributed by atoms with Crippen LogP contribution in [0.2, 0.25) is 0 Å². The number of halogens is 2. The van der Waals surface area contributed by atoms with E-state index in [0.717, 1.165) is 16.0 Å². The molecule has 0 bridgehead atoms. The van der Waals surface area contributed by atoms with Crippen molar-refractivity contribution in [1.29, 1.82) is 0 Å². The van der Waals surface area contributed by atoms with Crippen LogP contribution in [0.1, 0.15) is 75.4 Å². The predicted octanol–water partition coefficient (Wildman–Crippen LogP) is 5.09. The number of carbonyl (C=O) groups is 5. The van der Waals surface area contributed by atoms with Crippen molar-refractivity contribution in [3.05, 3.63) is 113 Å². The van der Waals surface area contributed by atoms with Crippen molar-refractivity contribution in [3.63, 3.8) is 0 Å². The lowest BCUT2D eigenvalue weighted by atomic mass is 9.44. The number of Topliss-reactive ketones (excluding diaryl/α,β-unsaturated/α-hetero) is 1. The third-order valence-corrected chi connectivity index (χ3v) is 15.0. The highest BCUT2D eigenvalue weighted by molar-refractivity contribution is 6.13. The van der Waals surface area contributed by atoms with Gasteiger partial charge in [0.25, 0.3) is 11.8 Å². The van der Waals surface area contributed by atoms with Crippen molar-refractivity contribution in [1.82, 2.24) is 10.2 Å². The molecule has 358 valence electrons. The van der Waals surface area contributed by atoms with Gasteiger partial charge in [0.05, 0.1) is 38.4 Å². The molecule has 2 aromatic carbocycles. The number of hydrogen-bond acceptors (Lipinski definition) is 11. The molecule has 2 aliphatic heterocycles. The molecule has 4 aliphatic carbocycles. The highest BCUT2D eigenvalue weighted by Crippen LogP contribution is 2.72. The summed E-state index contributed by atoms with van der Waals surface area (Å²) < 4.78 is 58.1. The summed E-state index contributed by atoms with van der Waals surface area (Å²) in [5.74, 6) is -3.47. The minimum absolute atomic E-state index is 0.0293. The van der Waals surface area contributed by atoms with Crippen LogP contribution in [0.5, 0.6) is 0 Å². The van der Waals surface area contributed by atoms with Crippen molar-refractivity contribution < 1.29 is 61.9 Å². The van der Waals surface area contributed by atoms with E-state index in [9.17, 15) is 34.2 Å². The quantitative estimate of drug-likeness (QED) is 0.109. The fourth-order valence-electron chi connectivity index (χ4n) is 11.6. The van der Waals surface area contributed by atoms with Crippen molar-refractivity contribution in [2.45, 2.75) is 94.7 Å². The monoisotopic (exact) mass is 927 g/mol. The van der Waals surface area contributed by atoms with E-state index in [1.54, 1.807) is 38.1 Å². The Morgan fingerprint density at radius 3 is 2.39 bits per heavy atom. The van der Waals surface area contributed by atoms with Gasteiger partial charge >= 0.3 is 0 Å². The molecular weight excluding hydrogens is 869 g/mol. The SMILES string of the molecule is C=C1C=C[C@@]2(C)C(=C1)[C@@H](F)C[C@H]1[C@@H]3C[C@H]4O[C@@H](c5ccc(Cc6cccc(NC(=O)CCOCCOCCCNC(=O)CCN7C(=O)C=CC7=O)c6)cc5)O[C@@]4(C(=O)CO)[C@@]3(C)C[C@H](O)[C@@]12F. The molecule has 67 heavy (non-hydrogen) atoms. The van der Waals surface area contributed by atoms with E-state index in [0.29, 0.717) is 56.0 Å². The third-order valence-electron chi connectivity index (χ3n) is 15.0. The summed E-state index contributed by atoms with van der Waals surface area (Å²) in [6.45, 7) is 8.12. The topological polar surface area (TPSA) is 190 Å². The number of rotatable bonds is 19. The molecule has 1 saturated heterocycles. The molecule has 2 heterocycles. The van der Waals surface area contributed by atoms with E-state index in [-0.39, 0.29) is 62.6 Å². The van der Waals surface area contributed by atoms with Crippen LogP contribution in [0.4, 0.5) is 14.5 Å². The second-order valence-corrected chi connectivity index (χ2v) is 18.9. The standard InChI is InChI=1S/C51H59F2N3O11/c1-31-14-17-48(2)38(24-31)39(52)27-37-36-28-42-51(41(59)30-57,49(36,3)29-40(58)50(37,48)53)67-47(66-42)34-10-8-32(9-11-34)25-33-6-4-7-35(26-33)55-44(61)16-21-65-23-22-64-20-5-18-54-43(60)15-19-56-45(62)12-13-46(56)63/h4,6-14,17,24,26,36-37,39-40,42,47,57-58H,1,5,15-16,18-23,25,27-30H2,2-3H3,(H,54,60)(H,55,61)/t36-,37-,39-,40-,42+,47+,48-,49-,50-,51+/m0/s1. The van der Waals surface area contributed by atoms with Crippen molar-refractivity contribution in [2.24, 2.45) is 22.7 Å². The van der Waals surface area contributed by atoms with E-state index in [1.807, 2.05) is 42.5 Å². The Bertz CT molecular complexity index is 2350. The maximum Gasteiger partial charge on any atom is 0.253 e. The Morgan fingerprint density at radius 2 is 1.66 bits per heavy atom. The largest absolute Gasteiger partial charge is 0.390 e. The molecule has 0 unspecified atom stereocenters. The summed E-state index contributed by atoms with van der Waals surface area (Å²) in [5.41, 5.74) is -2.53. The van der Waals surface area contributed by atoms with Gasteiger partial charge in [-0.3, -0.25) is 28.9 Å². The average Bonchev–Trinajstić information content (AvgIpc) is 3.93. The molecule has 6 aliphatic rings. The molecular formula is C51H59F2N3O11. The molecule has 0 radical (unpaired) electrons. The molecule has 0 aromatic heterocycles. The van der Waals surface area contributed by atoms with Crippen LogP contribution in [0.3, 0.4) is 0 Å². The van der Waals surface area contributed by atoms with E-state index < -0.39 is 82.8 Å². The van der Waals surface area contributed by atoms with E-state index >= 15 is 8.78 Å². The number of aliphatic hydroxyl groups is 2. The molecule has 16 heteroatoms. The van der Waals surface area contributed by atoms with E-state index in [1.165, 1.54) is 12.2 Å². The first-order valence-corrected chi connectivity index (χ1v) is 23.1. The third kappa shape index (κ3) is 8.88. The first-order chi connectivity index (χ1) is 32.0. The number of carbonyl (C=O) groups excluding carboxylic acids is 5. The minimum atomic E-state index is -2.23. The molecule has 2 aromatic rings. The number of benzene rings is 2. The number of aliphatic hydroxyl groups excluding tert-OH is 2. The Balaban J connectivity index is 0.787. The number of hydrogen-bond donors (Lipinski definition) is 4. The van der Waals surface area contributed by atoms with Gasteiger partial charge < -0.3 is 39.8 Å². The highest BCUT2D eigenvalue weighted by atomic mass is 19.1. The van der Waals surface area contributed by atoms with Crippen molar-refractivity contribution >= 4 is 35.1 Å². The number of imide groups is 1. The van der Waals surface area contributed by atoms with Crippen molar-refractivity contribution in [3.8, 4) is 0 Å². The lowest BCUT2D eigenvalue weighted by Gasteiger charge is -2.63. The van der Waals surface area contributed by atoms with Gasteiger partial charge in [-0.2, -0.15) is 0 Å². The van der Waals surface area contributed by atoms with Crippen LogP contribution in [-0.4, -0.2) is 120 Å². The van der Waals surface area contributed by atoms with Gasteiger partial charge in [-0.05, 0) is 79.4 Å². The summed E-state index contributed by atoms with van der Waals surface area (Å²) in [6, 6.07) is 15.0. The van der Waals surface area contributed by atoms with E-state index in [4.69, 9.17) is 18.9 Å². The molecule has 10 atom stereocenters. The summed E-state index contributed by atoms with van der Waals surface area (Å²) in [7, 11) is 0. The Kier molecular flexibility index (Phi) is 14.0.